The van der Waals surface area contributed by atoms with Crippen molar-refractivity contribution in [1.82, 2.24) is 0 Å². The molecule has 6 unspecified atom stereocenters. The average molecular weight is 761 g/mol. The molecule has 6 atom stereocenters. The van der Waals surface area contributed by atoms with Crippen LogP contribution in [-0.4, -0.2) is 84.7 Å². The Morgan fingerprint density at radius 1 is 0.564 bits per heavy atom. The molecule has 0 heterocycles. The lowest BCUT2D eigenvalue weighted by Gasteiger charge is -2.26. The highest BCUT2D eigenvalue weighted by Crippen LogP contribution is 2.29. The van der Waals surface area contributed by atoms with Crippen LogP contribution in [0.3, 0.4) is 0 Å². The SMILES string of the molecule is C=CC(=O)OCC(COc1ccc(Cc2ccc(OCC(COC(=O)C=C)OC(=O)C3CC=CCC3C(=O)O)cc2)cc1)OC(=O)C1CC=CCC1C(=O)O. The molecule has 2 aliphatic rings. The molecule has 2 N–H and O–H groups in total. The Hall–Kier alpha value is -6.18. The second-order valence-electron chi connectivity index (χ2n) is 12.9. The number of carbonyl (C=O) groups is 6. The van der Waals surface area contributed by atoms with E-state index in [4.69, 9.17) is 28.4 Å². The maximum Gasteiger partial charge on any atom is 0.330 e. The van der Waals surface area contributed by atoms with Gasteiger partial charge in [-0.3, -0.25) is 19.2 Å². The number of carboxylic acid groups (broad SMARTS) is 2. The van der Waals surface area contributed by atoms with Crippen molar-refractivity contribution in [3.8, 4) is 11.5 Å². The van der Waals surface area contributed by atoms with E-state index in [1.807, 2.05) is 24.3 Å². The van der Waals surface area contributed by atoms with Crippen LogP contribution < -0.4 is 9.47 Å². The molecule has 0 amide bonds. The van der Waals surface area contributed by atoms with E-state index in [1.54, 1.807) is 48.6 Å². The molecule has 0 spiro atoms. The van der Waals surface area contributed by atoms with Gasteiger partial charge >= 0.3 is 35.8 Å². The van der Waals surface area contributed by atoms with Crippen LogP contribution in [0.2, 0.25) is 0 Å². The molecule has 292 valence electrons. The first-order valence-corrected chi connectivity index (χ1v) is 17.7. The van der Waals surface area contributed by atoms with Gasteiger partial charge in [-0.2, -0.15) is 0 Å². The number of hydrogen-bond donors (Lipinski definition) is 2. The highest BCUT2D eigenvalue weighted by atomic mass is 16.6. The predicted octanol–water partition coefficient (Wildman–Crippen LogP) is 4.65. The lowest BCUT2D eigenvalue weighted by atomic mass is 9.83. The summed E-state index contributed by atoms with van der Waals surface area (Å²) in [6, 6.07) is 14.3. The van der Waals surface area contributed by atoms with Crippen molar-refractivity contribution in [2.45, 2.75) is 44.3 Å². The van der Waals surface area contributed by atoms with Gasteiger partial charge in [0.25, 0.3) is 0 Å². The minimum Gasteiger partial charge on any atom is -0.490 e. The third-order valence-corrected chi connectivity index (χ3v) is 8.95. The highest BCUT2D eigenvalue weighted by Gasteiger charge is 2.37. The van der Waals surface area contributed by atoms with Crippen molar-refractivity contribution in [2.24, 2.45) is 23.7 Å². The highest BCUT2D eigenvalue weighted by molar-refractivity contribution is 5.83. The van der Waals surface area contributed by atoms with Crippen molar-refractivity contribution >= 4 is 35.8 Å². The van der Waals surface area contributed by atoms with Crippen LogP contribution >= 0.6 is 0 Å². The quantitative estimate of drug-likeness (QED) is 0.0818. The molecule has 2 aliphatic carbocycles. The van der Waals surface area contributed by atoms with E-state index >= 15 is 0 Å². The third kappa shape index (κ3) is 13.0. The fourth-order valence-corrected chi connectivity index (χ4v) is 5.92. The Labute approximate surface area is 318 Å². The van der Waals surface area contributed by atoms with Crippen LogP contribution in [0, 0.1) is 23.7 Å². The summed E-state index contributed by atoms with van der Waals surface area (Å²) < 4.78 is 33.0. The molecule has 2 aromatic rings. The summed E-state index contributed by atoms with van der Waals surface area (Å²) in [4.78, 5) is 72.6. The molecule has 55 heavy (non-hydrogen) atoms. The molecular weight excluding hydrogens is 716 g/mol. The zero-order valence-corrected chi connectivity index (χ0v) is 30.1. The number of allylic oxidation sites excluding steroid dienone is 4. The average Bonchev–Trinajstić information content (AvgIpc) is 3.20. The van der Waals surface area contributed by atoms with Gasteiger partial charge < -0.3 is 38.6 Å². The largest absolute Gasteiger partial charge is 0.490 e. The van der Waals surface area contributed by atoms with E-state index in [-0.39, 0.29) is 52.1 Å². The van der Waals surface area contributed by atoms with Crippen LogP contribution in [0.15, 0.2) is 98.1 Å². The number of ether oxygens (including phenoxy) is 6. The molecule has 2 aromatic carbocycles. The maximum atomic E-state index is 12.9. The van der Waals surface area contributed by atoms with Gasteiger partial charge in [0.2, 0.25) is 0 Å². The Morgan fingerprint density at radius 3 is 1.24 bits per heavy atom. The van der Waals surface area contributed by atoms with Crippen molar-refractivity contribution in [3.63, 3.8) is 0 Å². The van der Waals surface area contributed by atoms with Gasteiger partial charge in [0.1, 0.15) is 37.9 Å². The number of hydrogen-bond acceptors (Lipinski definition) is 12. The molecule has 0 aliphatic heterocycles. The zero-order chi connectivity index (χ0) is 39.7. The van der Waals surface area contributed by atoms with Crippen LogP contribution in [-0.2, 0) is 54.1 Å². The second kappa shape index (κ2) is 20.9. The zero-order valence-electron chi connectivity index (χ0n) is 30.1. The summed E-state index contributed by atoms with van der Waals surface area (Å²) in [6.45, 7) is 5.77. The topological polar surface area (TPSA) is 198 Å². The fourth-order valence-electron chi connectivity index (χ4n) is 5.92. The minimum atomic E-state index is -1.09. The summed E-state index contributed by atoms with van der Waals surface area (Å²) in [6.07, 6.45) is 8.26. The van der Waals surface area contributed by atoms with Crippen LogP contribution in [0.25, 0.3) is 0 Å². The van der Waals surface area contributed by atoms with Gasteiger partial charge in [0.05, 0.1) is 23.7 Å². The lowest BCUT2D eigenvalue weighted by molar-refractivity contribution is -0.167. The third-order valence-electron chi connectivity index (χ3n) is 8.95. The van der Waals surface area contributed by atoms with Crippen molar-refractivity contribution in [2.75, 3.05) is 26.4 Å². The van der Waals surface area contributed by atoms with E-state index < -0.39 is 71.7 Å². The molecule has 14 nitrogen and oxygen atoms in total. The number of carbonyl (C=O) groups excluding carboxylic acids is 4. The van der Waals surface area contributed by atoms with E-state index in [9.17, 15) is 39.0 Å². The van der Waals surface area contributed by atoms with E-state index in [0.717, 1.165) is 23.3 Å². The molecule has 0 radical (unpaired) electrons. The van der Waals surface area contributed by atoms with Crippen molar-refractivity contribution < 1.29 is 67.4 Å². The smallest absolute Gasteiger partial charge is 0.330 e. The number of aliphatic carboxylic acids is 2. The van der Waals surface area contributed by atoms with Gasteiger partial charge in [-0.05, 0) is 67.5 Å². The standard InChI is InChI=1S/C41H44O14/c1-3-36(42)52-24-30(54-40(48)34-11-7-5-9-32(34)38(44)45)22-50-28-17-13-26(14-18-28)21-27-15-19-29(20-16-27)51-23-31(25-53-37(43)4-2)55-41(49)35-12-8-6-10-33(35)39(46)47/h3-8,13-20,30-35H,1-2,9-12,21-25H2,(H,44,45)(H,46,47). The Morgan fingerprint density at radius 2 is 0.909 bits per heavy atom. The first-order valence-electron chi connectivity index (χ1n) is 17.7. The van der Waals surface area contributed by atoms with Gasteiger partial charge in [-0.1, -0.05) is 61.7 Å². The molecule has 0 aromatic heterocycles. The fraction of sp³-hybridized carbons (Fsp3) is 0.366. The number of esters is 4. The van der Waals surface area contributed by atoms with Crippen LogP contribution in [0.1, 0.15) is 36.8 Å². The first-order chi connectivity index (χ1) is 26.5. The summed E-state index contributed by atoms with van der Waals surface area (Å²) >= 11 is 0. The number of benzene rings is 2. The van der Waals surface area contributed by atoms with E-state index in [2.05, 4.69) is 13.2 Å². The molecule has 0 bridgehead atoms. The molecule has 0 saturated heterocycles. The summed E-state index contributed by atoms with van der Waals surface area (Å²) in [5.41, 5.74) is 1.89. The summed E-state index contributed by atoms with van der Waals surface area (Å²) in [5.74, 6) is -7.73. The molecule has 14 heteroatoms. The van der Waals surface area contributed by atoms with Gasteiger partial charge in [0.15, 0.2) is 12.2 Å². The van der Waals surface area contributed by atoms with Gasteiger partial charge in [-0.15, -0.1) is 0 Å². The monoisotopic (exact) mass is 760 g/mol. The van der Waals surface area contributed by atoms with Crippen LogP contribution in [0.5, 0.6) is 11.5 Å². The molecule has 0 fully saturated rings. The molecule has 4 rings (SSSR count). The Kier molecular flexibility index (Phi) is 15.8. The number of rotatable bonds is 20. The normalized spacial score (nSPS) is 19.8. The van der Waals surface area contributed by atoms with Crippen molar-refractivity contribution in [3.05, 3.63) is 109 Å². The maximum absolute atomic E-state index is 12.9. The second-order valence-corrected chi connectivity index (χ2v) is 12.9. The van der Waals surface area contributed by atoms with Gasteiger partial charge in [-0.25, -0.2) is 9.59 Å². The Balaban J connectivity index is 1.30. The van der Waals surface area contributed by atoms with E-state index in [1.165, 1.54) is 0 Å². The molecule has 0 saturated carbocycles. The number of carboxylic acids is 2. The minimum absolute atomic E-state index is 0.158. The van der Waals surface area contributed by atoms with Crippen LogP contribution in [0.4, 0.5) is 0 Å². The van der Waals surface area contributed by atoms with Gasteiger partial charge in [0, 0.05) is 12.2 Å². The van der Waals surface area contributed by atoms with E-state index in [0.29, 0.717) is 17.9 Å². The van der Waals surface area contributed by atoms with Crippen molar-refractivity contribution in [1.29, 1.82) is 0 Å². The first kappa shape index (κ1) is 41.6. The summed E-state index contributed by atoms with van der Waals surface area (Å²) in [7, 11) is 0. The lowest BCUT2D eigenvalue weighted by Crippen LogP contribution is -2.37. The Bertz CT molecular complexity index is 1620. The predicted molar refractivity (Wildman–Crippen MR) is 195 cm³/mol. The summed E-state index contributed by atoms with van der Waals surface area (Å²) in [5, 5.41) is 19.1. The molecular formula is C41H44O14.